The maximum atomic E-state index is 14.4. The molecule has 6 nitrogen and oxygen atoms in total. The molecule has 1 aliphatic rings. The molecule has 0 amide bonds. The third kappa shape index (κ3) is 11.7. The minimum Gasteiger partial charge on any atom is -0.398 e. The van der Waals surface area contributed by atoms with Gasteiger partial charge in [0, 0.05) is 52.7 Å². The maximum Gasteiger partial charge on any atom is 0.124 e. The first kappa shape index (κ1) is 40.9. The number of nitrogens with two attached hydrogens (primary N) is 1. The van der Waals surface area contributed by atoms with Crippen LogP contribution in [0.5, 0.6) is 0 Å². The van der Waals surface area contributed by atoms with Gasteiger partial charge in [0.2, 0.25) is 0 Å². The molecule has 1 aliphatic carbocycles. The molecule has 7 heteroatoms. The highest BCUT2D eigenvalue weighted by Gasteiger charge is 2.18. The van der Waals surface area contributed by atoms with E-state index in [1.807, 2.05) is 59.0 Å². The Balaban J connectivity index is 0.00000164. The van der Waals surface area contributed by atoms with Crippen LogP contribution < -0.4 is 21.7 Å². The topological polar surface area (TPSA) is 87.9 Å². The highest BCUT2D eigenvalue weighted by molar-refractivity contribution is 5.79. The van der Waals surface area contributed by atoms with Crippen molar-refractivity contribution in [1.82, 2.24) is 15.3 Å². The second kappa shape index (κ2) is 21.0. The highest BCUT2D eigenvalue weighted by Crippen LogP contribution is 2.33. The number of nitrogens with zero attached hydrogens (tertiary/aromatic N) is 2. The van der Waals surface area contributed by atoms with Gasteiger partial charge in [0.25, 0.3) is 0 Å². The zero-order valence-corrected chi connectivity index (χ0v) is 30.7. The molecular weight excluding hydrogens is 620 g/mol. The molecule has 4 rings (SSSR count). The van der Waals surface area contributed by atoms with Crippen molar-refractivity contribution in [3.8, 4) is 11.1 Å². The van der Waals surface area contributed by atoms with Crippen molar-refractivity contribution in [3.63, 3.8) is 0 Å². The summed E-state index contributed by atoms with van der Waals surface area (Å²) >= 11 is 0. The number of aromatic nitrogens is 2. The summed E-state index contributed by atoms with van der Waals surface area (Å²) in [6.07, 6.45) is 16.9. The quantitative estimate of drug-likeness (QED) is 0.107. The second-order valence-corrected chi connectivity index (χ2v) is 11.8. The first-order chi connectivity index (χ1) is 24.0. The molecule has 0 atom stereocenters. The van der Waals surface area contributed by atoms with Crippen molar-refractivity contribution in [1.29, 1.82) is 0 Å². The van der Waals surface area contributed by atoms with Crippen LogP contribution in [0.4, 0.5) is 15.8 Å². The Morgan fingerprint density at radius 2 is 1.62 bits per heavy atom. The Morgan fingerprint density at radius 3 is 2.26 bits per heavy atom. The molecule has 3 aromatic rings. The van der Waals surface area contributed by atoms with Crippen LogP contribution in [-0.2, 0) is 6.54 Å². The average molecular weight is 675 g/mol. The van der Waals surface area contributed by atoms with Crippen LogP contribution >= 0.6 is 0 Å². The summed E-state index contributed by atoms with van der Waals surface area (Å²) in [6.45, 7) is 31.9. The van der Waals surface area contributed by atoms with Gasteiger partial charge in [-0.1, -0.05) is 78.7 Å². The Labute approximate surface area is 299 Å². The lowest BCUT2D eigenvalue weighted by molar-refractivity contribution is 0.405. The Hall–Kier alpha value is -5.23. The molecule has 0 spiro atoms. The Morgan fingerprint density at radius 1 is 0.960 bits per heavy atom. The van der Waals surface area contributed by atoms with Crippen molar-refractivity contribution >= 4 is 16.9 Å². The number of rotatable bonds is 13. The lowest BCUT2D eigenvalue weighted by atomic mass is 9.87. The molecule has 1 saturated carbocycles. The van der Waals surface area contributed by atoms with Crippen LogP contribution in [-0.4, -0.2) is 17.0 Å². The predicted molar refractivity (Wildman–Crippen MR) is 214 cm³/mol. The fourth-order valence-corrected chi connectivity index (χ4v) is 5.63. The molecule has 0 radical (unpaired) electrons. The van der Waals surface area contributed by atoms with E-state index < -0.39 is 0 Å². The van der Waals surface area contributed by atoms with E-state index in [1.165, 1.54) is 44.2 Å². The SMILES string of the molecule is C=C(Nc1cncc(-c2cc(F)cc(CNC)c2)c1C)C(=C)C(=C/C(=C)c1cncc(NC(=C)C2CCCCC2)c1)/C(N)=C\C.C=C=C.CC. The van der Waals surface area contributed by atoms with Gasteiger partial charge in [0.05, 0.1) is 23.8 Å². The van der Waals surface area contributed by atoms with Gasteiger partial charge in [-0.15, -0.1) is 5.73 Å². The number of allylic oxidation sites excluding steroid dienone is 6. The van der Waals surface area contributed by atoms with Crippen LogP contribution in [0.1, 0.15) is 69.6 Å². The molecule has 0 bridgehead atoms. The smallest absolute Gasteiger partial charge is 0.124 e. The summed E-state index contributed by atoms with van der Waals surface area (Å²) in [5.74, 6) is 0.188. The Kier molecular flexibility index (Phi) is 17.2. The first-order valence-electron chi connectivity index (χ1n) is 17.1. The van der Waals surface area contributed by atoms with E-state index in [1.54, 1.807) is 24.8 Å². The van der Waals surface area contributed by atoms with E-state index in [2.05, 4.69) is 71.1 Å². The molecule has 50 heavy (non-hydrogen) atoms. The third-order valence-electron chi connectivity index (χ3n) is 8.29. The normalized spacial score (nSPS) is 13.0. The molecule has 0 aliphatic heterocycles. The summed E-state index contributed by atoms with van der Waals surface area (Å²) in [5, 5.41) is 9.90. The first-order valence-corrected chi connectivity index (χ1v) is 17.1. The fourth-order valence-electron chi connectivity index (χ4n) is 5.63. The van der Waals surface area contributed by atoms with Crippen molar-refractivity contribution < 1.29 is 4.39 Å². The zero-order valence-electron chi connectivity index (χ0n) is 30.7. The summed E-state index contributed by atoms with van der Waals surface area (Å²) in [4.78, 5) is 8.88. The number of anilines is 2. The van der Waals surface area contributed by atoms with E-state index in [9.17, 15) is 4.39 Å². The molecule has 0 unspecified atom stereocenters. The third-order valence-corrected chi connectivity index (χ3v) is 8.29. The Bertz CT molecular complexity index is 1750. The number of halogens is 1. The van der Waals surface area contributed by atoms with Gasteiger partial charge in [-0.2, -0.15) is 0 Å². The van der Waals surface area contributed by atoms with Crippen LogP contribution in [0.3, 0.4) is 0 Å². The molecule has 0 saturated heterocycles. The summed E-state index contributed by atoms with van der Waals surface area (Å²) in [5.41, 5.74) is 18.6. The van der Waals surface area contributed by atoms with E-state index in [0.29, 0.717) is 35.0 Å². The lowest BCUT2D eigenvalue weighted by Crippen LogP contribution is -2.14. The summed E-state index contributed by atoms with van der Waals surface area (Å²) in [6, 6.07) is 7.03. The van der Waals surface area contributed by atoms with Gasteiger partial charge in [0.1, 0.15) is 5.82 Å². The largest absolute Gasteiger partial charge is 0.398 e. The van der Waals surface area contributed by atoms with E-state index >= 15 is 0 Å². The van der Waals surface area contributed by atoms with Gasteiger partial charge in [-0.3, -0.25) is 9.97 Å². The van der Waals surface area contributed by atoms with Crippen molar-refractivity contribution in [2.24, 2.45) is 11.7 Å². The number of nitrogens with one attached hydrogen (secondary N) is 3. The fraction of sp³-hybridized carbons (Fsp3) is 0.279. The predicted octanol–water partition coefficient (Wildman–Crippen LogP) is 10.8. The van der Waals surface area contributed by atoms with Crippen LogP contribution in [0, 0.1) is 18.7 Å². The van der Waals surface area contributed by atoms with Crippen LogP contribution in [0.25, 0.3) is 16.7 Å². The standard InChI is InChI=1S/C38H45FN6.C3H4.C2H6/c1-8-37(40)35(14-24(2)32-18-34(21-42-20-32)44-28(6)30-12-10-9-11-13-30)25(3)27(5)45-38-23-43-22-36(26(38)4)31-15-29(19-41-7)16-33(39)17-31;1-3-2;1-2/h8,14-18,20-23,30,41,44-45H,2-3,5-6,9-13,19,40H2,1,4,7H3;1-2H2;1-2H3/b35-14-,37-8+;;. The van der Waals surface area contributed by atoms with Crippen LogP contribution in [0.15, 0.2) is 135 Å². The van der Waals surface area contributed by atoms with Crippen molar-refractivity contribution in [2.45, 2.75) is 66.3 Å². The van der Waals surface area contributed by atoms with E-state index in [-0.39, 0.29) is 5.82 Å². The van der Waals surface area contributed by atoms with Gasteiger partial charge < -0.3 is 21.7 Å². The minimum absolute atomic E-state index is 0.296. The lowest BCUT2D eigenvalue weighted by Gasteiger charge is -2.24. The summed E-state index contributed by atoms with van der Waals surface area (Å²) in [7, 11) is 1.83. The second-order valence-electron chi connectivity index (χ2n) is 11.8. The number of hydrogen-bond donors (Lipinski definition) is 4. The van der Waals surface area contributed by atoms with E-state index in [0.717, 1.165) is 50.5 Å². The summed E-state index contributed by atoms with van der Waals surface area (Å²) < 4.78 is 14.4. The molecular formula is C43H55FN6. The molecule has 2 aromatic heterocycles. The van der Waals surface area contributed by atoms with Crippen LogP contribution in [0.2, 0.25) is 0 Å². The molecule has 2 heterocycles. The van der Waals surface area contributed by atoms with Gasteiger partial charge in [-0.25, -0.2) is 4.39 Å². The zero-order chi connectivity index (χ0) is 37.2. The molecule has 1 fully saturated rings. The number of pyridine rings is 2. The average Bonchev–Trinajstić information content (AvgIpc) is 3.12. The molecule has 264 valence electrons. The highest BCUT2D eigenvalue weighted by atomic mass is 19.1. The monoisotopic (exact) mass is 674 g/mol. The van der Waals surface area contributed by atoms with Crippen molar-refractivity contribution in [3.05, 3.63) is 157 Å². The minimum atomic E-state index is -0.296. The van der Waals surface area contributed by atoms with Crippen molar-refractivity contribution in [2.75, 3.05) is 17.7 Å². The number of benzene rings is 1. The van der Waals surface area contributed by atoms with Gasteiger partial charge in [0.15, 0.2) is 0 Å². The molecule has 5 N–H and O–H groups in total. The maximum absolute atomic E-state index is 14.4. The van der Waals surface area contributed by atoms with Gasteiger partial charge >= 0.3 is 0 Å². The number of hydrogen-bond acceptors (Lipinski definition) is 6. The molecule has 1 aromatic carbocycles. The van der Waals surface area contributed by atoms with Gasteiger partial charge in [-0.05, 0) is 97.8 Å². The van der Waals surface area contributed by atoms with E-state index in [4.69, 9.17) is 5.73 Å².